The van der Waals surface area contributed by atoms with Crippen molar-refractivity contribution >= 4 is 11.8 Å². The summed E-state index contributed by atoms with van der Waals surface area (Å²) in [4.78, 5) is 23.6. The Balaban J connectivity index is 1.92. The zero-order valence-electron chi connectivity index (χ0n) is 13.8. The third-order valence-corrected chi connectivity index (χ3v) is 4.75. The molecule has 2 aromatic rings. The van der Waals surface area contributed by atoms with Crippen LogP contribution in [-0.4, -0.2) is 16.9 Å². The molecule has 3 rings (SSSR count). The minimum atomic E-state index is -4.51. The number of alkyl halides is 3. The summed E-state index contributed by atoms with van der Waals surface area (Å²) in [5.74, 6) is -1.38. The number of ketones is 1. The van der Waals surface area contributed by atoms with Crippen molar-refractivity contribution in [1.82, 2.24) is 0 Å². The average molecular weight is 362 g/mol. The van der Waals surface area contributed by atoms with Gasteiger partial charge in [-0.3, -0.25) is 9.59 Å². The molecule has 26 heavy (non-hydrogen) atoms. The van der Waals surface area contributed by atoms with Crippen molar-refractivity contribution < 1.29 is 27.9 Å². The highest BCUT2D eigenvalue weighted by atomic mass is 19.4. The molecule has 0 heterocycles. The van der Waals surface area contributed by atoms with E-state index in [0.717, 1.165) is 12.1 Å². The Bertz CT molecular complexity index is 837. The molecule has 0 unspecified atom stereocenters. The summed E-state index contributed by atoms with van der Waals surface area (Å²) < 4.78 is 39.2. The van der Waals surface area contributed by atoms with Crippen molar-refractivity contribution in [3.05, 3.63) is 59.7 Å². The van der Waals surface area contributed by atoms with Gasteiger partial charge in [0.05, 0.1) is 11.0 Å². The van der Waals surface area contributed by atoms with Gasteiger partial charge in [-0.1, -0.05) is 36.4 Å². The van der Waals surface area contributed by atoms with Crippen LogP contribution in [0.5, 0.6) is 0 Å². The second-order valence-corrected chi connectivity index (χ2v) is 6.71. The number of Topliss-reactive ketones (excluding diaryl/α,β-unsaturated/α-hetero) is 1. The van der Waals surface area contributed by atoms with Crippen LogP contribution in [0.3, 0.4) is 0 Å². The molecule has 1 saturated carbocycles. The molecule has 0 bridgehead atoms. The summed E-state index contributed by atoms with van der Waals surface area (Å²) >= 11 is 0. The van der Waals surface area contributed by atoms with E-state index in [2.05, 4.69) is 0 Å². The fourth-order valence-electron chi connectivity index (χ4n) is 3.09. The Kier molecular flexibility index (Phi) is 4.61. The number of carbonyl (C=O) groups is 2. The SMILES string of the molecule is O=C(Cc1cc(C(F)(F)F)ccc1-c1ccccc1)CC1(C(=O)O)CC1. The summed E-state index contributed by atoms with van der Waals surface area (Å²) in [6, 6.07) is 12.2. The third kappa shape index (κ3) is 3.79. The van der Waals surface area contributed by atoms with Crippen LogP contribution in [0.2, 0.25) is 0 Å². The molecule has 136 valence electrons. The van der Waals surface area contributed by atoms with Crippen molar-refractivity contribution in [3.63, 3.8) is 0 Å². The van der Waals surface area contributed by atoms with E-state index in [1.165, 1.54) is 6.07 Å². The van der Waals surface area contributed by atoms with Crippen molar-refractivity contribution in [2.45, 2.75) is 31.9 Å². The maximum absolute atomic E-state index is 13.1. The Hall–Kier alpha value is -2.63. The fraction of sp³-hybridized carbons (Fsp3) is 0.300. The van der Waals surface area contributed by atoms with Gasteiger partial charge in [0, 0.05) is 12.8 Å². The van der Waals surface area contributed by atoms with E-state index in [9.17, 15) is 27.9 Å². The highest BCUT2D eigenvalue weighted by Gasteiger charge is 2.51. The minimum absolute atomic E-state index is 0.146. The summed E-state index contributed by atoms with van der Waals surface area (Å²) in [6.45, 7) is 0. The maximum atomic E-state index is 13.1. The molecule has 0 aromatic heterocycles. The monoisotopic (exact) mass is 362 g/mol. The number of carboxylic acid groups (broad SMARTS) is 1. The van der Waals surface area contributed by atoms with Crippen molar-refractivity contribution in [1.29, 1.82) is 0 Å². The predicted molar refractivity (Wildman–Crippen MR) is 89.5 cm³/mol. The Labute approximate surface area is 148 Å². The molecule has 0 saturated heterocycles. The van der Waals surface area contributed by atoms with E-state index >= 15 is 0 Å². The standard InChI is InChI=1S/C20H17F3O3/c21-20(22,23)15-6-7-17(13-4-2-1-3-5-13)14(10-15)11-16(24)12-19(8-9-19)18(25)26/h1-7,10H,8-9,11-12H2,(H,25,26). The van der Waals surface area contributed by atoms with Crippen LogP contribution in [0.1, 0.15) is 30.4 Å². The number of rotatable bonds is 6. The topological polar surface area (TPSA) is 54.4 Å². The first-order valence-electron chi connectivity index (χ1n) is 8.22. The highest BCUT2D eigenvalue weighted by Crippen LogP contribution is 2.49. The van der Waals surface area contributed by atoms with E-state index in [4.69, 9.17) is 0 Å². The van der Waals surface area contributed by atoms with Crippen LogP contribution in [0.25, 0.3) is 11.1 Å². The second-order valence-electron chi connectivity index (χ2n) is 6.71. The molecule has 0 spiro atoms. The number of halogens is 3. The molecule has 2 aromatic carbocycles. The van der Waals surface area contributed by atoms with Crippen LogP contribution < -0.4 is 0 Å². The Morgan fingerprint density at radius 1 is 1.04 bits per heavy atom. The lowest BCUT2D eigenvalue weighted by Crippen LogP contribution is -2.20. The first-order valence-corrected chi connectivity index (χ1v) is 8.22. The lowest BCUT2D eigenvalue weighted by Gasteiger charge is -2.15. The van der Waals surface area contributed by atoms with Gasteiger partial charge >= 0.3 is 12.1 Å². The smallest absolute Gasteiger partial charge is 0.416 e. The number of carboxylic acids is 1. The largest absolute Gasteiger partial charge is 0.481 e. The first kappa shape index (κ1) is 18.2. The van der Waals surface area contributed by atoms with E-state index in [1.807, 2.05) is 0 Å². The van der Waals surface area contributed by atoms with E-state index in [0.29, 0.717) is 24.0 Å². The second kappa shape index (κ2) is 6.59. The summed E-state index contributed by atoms with van der Waals surface area (Å²) in [5.41, 5.74) is -0.321. The van der Waals surface area contributed by atoms with Crippen LogP contribution in [0.15, 0.2) is 48.5 Å². The zero-order valence-corrected chi connectivity index (χ0v) is 13.8. The molecular formula is C20H17F3O3. The van der Waals surface area contributed by atoms with E-state index in [1.54, 1.807) is 30.3 Å². The highest BCUT2D eigenvalue weighted by molar-refractivity contribution is 5.90. The van der Waals surface area contributed by atoms with Crippen LogP contribution >= 0.6 is 0 Å². The molecule has 1 N–H and O–H groups in total. The normalized spacial score (nSPS) is 15.5. The molecule has 0 radical (unpaired) electrons. The molecule has 1 fully saturated rings. The van der Waals surface area contributed by atoms with Gasteiger partial charge in [0.25, 0.3) is 0 Å². The number of aliphatic carboxylic acids is 1. The number of carbonyl (C=O) groups excluding carboxylic acids is 1. The lowest BCUT2D eigenvalue weighted by molar-refractivity contribution is -0.145. The third-order valence-electron chi connectivity index (χ3n) is 4.75. The number of hydrogen-bond donors (Lipinski definition) is 1. The minimum Gasteiger partial charge on any atom is -0.481 e. The molecular weight excluding hydrogens is 345 g/mol. The van der Waals surface area contributed by atoms with Gasteiger partial charge in [0.2, 0.25) is 0 Å². The quantitative estimate of drug-likeness (QED) is 0.808. The average Bonchev–Trinajstić information content (AvgIpc) is 3.35. The molecule has 3 nitrogen and oxygen atoms in total. The summed E-state index contributed by atoms with van der Waals surface area (Å²) in [5, 5.41) is 9.20. The number of hydrogen-bond acceptors (Lipinski definition) is 2. The summed E-state index contributed by atoms with van der Waals surface area (Å²) in [7, 11) is 0. The molecule has 0 amide bonds. The first-order chi connectivity index (χ1) is 12.2. The molecule has 1 aliphatic rings. The number of benzene rings is 2. The molecule has 0 atom stereocenters. The van der Waals surface area contributed by atoms with Crippen molar-refractivity contribution in [3.8, 4) is 11.1 Å². The van der Waals surface area contributed by atoms with Gasteiger partial charge in [0.1, 0.15) is 5.78 Å². The molecule has 0 aliphatic heterocycles. The van der Waals surface area contributed by atoms with E-state index in [-0.39, 0.29) is 24.2 Å². The van der Waals surface area contributed by atoms with Gasteiger partial charge in [-0.25, -0.2) is 0 Å². The Morgan fingerprint density at radius 3 is 2.23 bits per heavy atom. The zero-order chi connectivity index (χ0) is 18.9. The van der Waals surface area contributed by atoms with Gasteiger partial charge in [-0.15, -0.1) is 0 Å². The fourth-order valence-corrected chi connectivity index (χ4v) is 3.09. The molecule has 1 aliphatic carbocycles. The van der Waals surface area contributed by atoms with Crippen LogP contribution in [0.4, 0.5) is 13.2 Å². The predicted octanol–water partition coefficient (Wildman–Crippen LogP) is 4.74. The van der Waals surface area contributed by atoms with Gasteiger partial charge in [-0.05, 0) is 41.7 Å². The Morgan fingerprint density at radius 2 is 1.69 bits per heavy atom. The van der Waals surface area contributed by atoms with Gasteiger partial charge in [0.15, 0.2) is 0 Å². The van der Waals surface area contributed by atoms with Crippen molar-refractivity contribution in [2.24, 2.45) is 5.41 Å². The van der Waals surface area contributed by atoms with Crippen LogP contribution in [0, 0.1) is 5.41 Å². The molecule has 6 heteroatoms. The van der Waals surface area contributed by atoms with E-state index < -0.39 is 23.1 Å². The van der Waals surface area contributed by atoms with Crippen LogP contribution in [-0.2, 0) is 22.2 Å². The van der Waals surface area contributed by atoms with Gasteiger partial charge in [-0.2, -0.15) is 13.2 Å². The van der Waals surface area contributed by atoms with Crippen molar-refractivity contribution in [2.75, 3.05) is 0 Å². The lowest BCUT2D eigenvalue weighted by atomic mass is 9.91. The van der Waals surface area contributed by atoms with Gasteiger partial charge < -0.3 is 5.11 Å². The summed E-state index contributed by atoms with van der Waals surface area (Å²) in [6.07, 6.45) is -4.01. The maximum Gasteiger partial charge on any atom is 0.416 e.